The molecule has 0 amide bonds. The Balaban J connectivity index is 2.65. The molecule has 0 radical (unpaired) electrons. The van der Waals surface area contributed by atoms with E-state index in [1.54, 1.807) is 0 Å². The summed E-state index contributed by atoms with van der Waals surface area (Å²) in [7, 11) is 2.10. The molecular weight excluding hydrogens is 130 g/mol. The third-order valence-corrected chi connectivity index (χ3v) is 2.57. The molecule has 0 aliphatic carbocycles. The smallest absolute Gasteiger partial charge is 0.118 e. The van der Waals surface area contributed by atoms with Gasteiger partial charge in [-0.2, -0.15) is 0 Å². The van der Waals surface area contributed by atoms with E-state index in [-0.39, 0.29) is 0 Å². The molecule has 0 aliphatic heterocycles. The maximum Gasteiger partial charge on any atom is 0.118 e. The van der Waals surface area contributed by atoms with Crippen molar-refractivity contribution in [2.75, 3.05) is 7.05 Å². The van der Waals surface area contributed by atoms with Gasteiger partial charge in [-0.15, -0.1) is 11.3 Å². The zero-order valence-corrected chi connectivity index (χ0v) is 6.61. The van der Waals surface area contributed by atoms with Crippen LogP contribution in [0.1, 0.15) is 17.8 Å². The fourth-order valence-electron chi connectivity index (χ4n) is 0.715. The number of nitrogens with two attached hydrogens (primary N) is 1. The van der Waals surface area contributed by atoms with Crippen molar-refractivity contribution in [3.8, 4) is 0 Å². The van der Waals surface area contributed by atoms with Crippen LogP contribution in [0.5, 0.6) is 0 Å². The van der Waals surface area contributed by atoms with Crippen LogP contribution in [0, 0.1) is 0 Å². The molecule has 9 heavy (non-hydrogen) atoms. The van der Waals surface area contributed by atoms with Gasteiger partial charge in [0.2, 0.25) is 0 Å². The number of hydrogen-bond donors (Lipinski definition) is 1. The second-order valence-corrected chi connectivity index (χ2v) is 3.12. The molecule has 2 heteroatoms. The largest absolute Gasteiger partial charge is 0.342 e. The number of hydrogen-bond acceptors (Lipinski definition) is 1. The van der Waals surface area contributed by atoms with Crippen LogP contribution in [0.2, 0.25) is 0 Å². The first-order valence-electron chi connectivity index (χ1n) is 3.17. The highest BCUT2D eigenvalue weighted by atomic mass is 32.1. The van der Waals surface area contributed by atoms with Crippen molar-refractivity contribution in [2.45, 2.75) is 13.0 Å². The third kappa shape index (κ3) is 1.53. The summed E-state index contributed by atoms with van der Waals surface area (Å²) < 4.78 is 0. The fraction of sp³-hybridized carbons (Fsp3) is 0.429. The van der Waals surface area contributed by atoms with Crippen molar-refractivity contribution in [3.63, 3.8) is 0 Å². The zero-order valence-electron chi connectivity index (χ0n) is 5.79. The Hall–Kier alpha value is -0.340. The molecule has 1 nitrogen and oxygen atoms in total. The average Bonchev–Trinajstić information content (AvgIpc) is 2.37. The summed E-state index contributed by atoms with van der Waals surface area (Å²) in [6.07, 6.45) is 0. The van der Waals surface area contributed by atoms with E-state index in [2.05, 4.69) is 36.8 Å². The molecule has 1 aromatic rings. The highest BCUT2D eigenvalue weighted by Gasteiger charge is 2.04. The SMILES string of the molecule is C[NH2+][C@@H](C)c1cccs1. The van der Waals surface area contributed by atoms with Gasteiger partial charge < -0.3 is 5.32 Å². The Labute approximate surface area is 59.7 Å². The lowest BCUT2D eigenvalue weighted by atomic mass is 10.3. The molecule has 1 atom stereocenters. The summed E-state index contributed by atoms with van der Waals surface area (Å²) in [5, 5.41) is 4.33. The standard InChI is InChI=1S/C7H11NS/c1-6(8-2)7-4-3-5-9-7/h3-6,8H,1-2H3/p+1/t6-/m0/s1. The molecule has 1 rings (SSSR count). The monoisotopic (exact) mass is 142 g/mol. The minimum Gasteiger partial charge on any atom is -0.342 e. The van der Waals surface area contributed by atoms with Gasteiger partial charge in [0.25, 0.3) is 0 Å². The van der Waals surface area contributed by atoms with Crippen LogP contribution in [0.15, 0.2) is 17.5 Å². The van der Waals surface area contributed by atoms with E-state index >= 15 is 0 Å². The first-order chi connectivity index (χ1) is 4.34. The third-order valence-electron chi connectivity index (χ3n) is 1.49. The van der Waals surface area contributed by atoms with Crippen LogP contribution >= 0.6 is 11.3 Å². The van der Waals surface area contributed by atoms with E-state index in [9.17, 15) is 0 Å². The van der Waals surface area contributed by atoms with Crippen LogP contribution in [0.4, 0.5) is 0 Å². The summed E-state index contributed by atoms with van der Waals surface area (Å²) in [5.41, 5.74) is 0. The lowest BCUT2D eigenvalue weighted by molar-refractivity contribution is -0.666. The predicted molar refractivity (Wildman–Crippen MR) is 40.6 cm³/mol. The van der Waals surface area contributed by atoms with Crippen LogP contribution in [0.25, 0.3) is 0 Å². The van der Waals surface area contributed by atoms with E-state index in [0.29, 0.717) is 6.04 Å². The topological polar surface area (TPSA) is 16.6 Å². The second kappa shape index (κ2) is 2.99. The highest BCUT2D eigenvalue weighted by molar-refractivity contribution is 7.10. The quantitative estimate of drug-likeness (QED) is 0.634. The summed E-state index contributed by atoms with van der Waals surface area (Å²) >= 11 is 1.82. The first-order valence-corrected chi connectivity index (χ1v) is 4.05. The van der Waals surface area contributed by atoms with Crippen molar-refractivity contribution in [2.24, 2.45) is 0 Å². The van der Waals surface area contributed by atoms with E-state index in [4.69, 9.17) is 0 Å². The Morgan fingerprint density at radius 2 is 2.44 bits per heavy atom. The molecule has 0 unspecified atom stereocenters. The Bertz CT molecular complexity index is 157. The lowest BCUT2D eigenvalue weighted by Crippen LogP contribution is -2.80. The van der Waals surface area contributed by atoms with Crippen LogP contribution < -0.4 is 5.32 Å². The van der Waals surface area contributed by atoms with Gasteiger partial charge in [0.05, 0.1) is 11.9 Å². The predicted octanol–water partition coefficient (Wildman–Crippen LogP) is 1.00. The first kappa shape index (κ1) is 6.78. The molecule has 0 saturated carbocycles. The van der Waals surface area contributed by atoms with Gasteiger partial charge in [-0.3, -0.25) is 0 Å². The molecule has 0 fully saturated rings. The molecule has 0 aromatic carbocycles. The fourth-order valence-corrected chi connectivity index (χ4v) is 1.54. The summed E-state index contributed by atoms with van der Waals surface area (Å²) in [6.45, 7) is 2.21. The van der Waals surface area contributed by atoms with E-state index in [0.717, 1.165) is 0 Å². The summed E-state index contributed by atoms with van der Waals surface area (Å²) in [6, 6.07) is 4.90. The van der Waals surface area contributed by atoms with Crippen LogP contribution in [-0.4, -0.2) is 7.05 Å². The molecule has 0 spiro atoms. The van der Waals surface area contributed by atoms with Gasteiger partial charge in [0, 0.05) is 0 Å². The van der Waals surface area contributed by atoms with Crippen molar-refractivity contribution >= 4 is 11.3 Å². The van der Waals surface area contributed by atoms with Crippen molar-refractivity contribution in [3.05, 3.63) is 22.4 Å². The second-order valence-electron chi connectivity index (χ2n) is 2.14. The van der Waals surface area contributed by atoms with Crippen molar-refractivity contribution in [1.29, 1.82) is 0 Å². The zero-order chi connectivity index (χ0) is 6.69. The van der Waals surface area contributed by atoms with Gasteiger partial charge in [-0.05, 0) is 18.4 Å². The maximum absolute atomic E-state index is 2.21. The van der Waals surface area contributed by atoms with E-state index in [1.807, 2.05) is 11.3 Å². The van der Waals surface area contributed by atoms with Gasteiger partial charge in [-0.1, -0.05) is 6.07 Å². The van der Waals surface area contributed by atoms with Crippen molar-refractivity contribution in [1.82, 2.24) is 0 Å². The average molecular weight is 142 g/mol. The number of thiophene rings is 1. The Kier molecular flexibility index (Phi) is 2.25. The molecule has 50 valence electrons. The molecule has 0 bridgehead atoms. The van der Waals surface area contributed by atoms with Gasteiger partial charge in [0.1, 0.15) is 6.04 Å². The minimum absolute atomic E-state index is 0.630. The molecule has 2 N–H and O–H groups in total. The van der Waals surface area contributed by atoms with Gasteiger partial charge in [-0.25, -0.2) is 0 Å². The molecule has 1 heterocycles. The normalized spacial score (nSPS) is 13.6. The Morgan fingerprint density at radius 3 is 2.89 bits per heavy atom. The number of rotatable bonds is 2. The minimum atomic E-state index is 0.630. The van der Waals surface area contributed by atoms with E-state index in [1.165, 1.54) is 4.88 Å². The molecule has 0 saturated heterocycles. The molecular formula is C7H12NS+. The van der Waals surface area contributed by atoms with Crippen molar-refractivity contribution < 1.29 is 5.32 Å². The summed E-state index contributed by atoms with van der Waals surface area (Å²) in [5.74, 6) is 0. The van der Waals surface area contributed by atoms with Crippen LogP contribution in [-0.2, 0) is 0 Å². The number of quaternary nitrogens is 1. The molecule has 1 aromatic heterocycles. The molecule has 0 aliphatic rings. The van der Waals surface area contributed by atoms with Gasteiger partial charge in [0.15, 0.2) is 0 Å². The maximum atomic E-state index is 2.21. The van der Waals surface area contributed by atoms with Crippen LogP contribution in [0.3, 0.4) is 0 Å². The van der Waals surface area contributed by atoms with E-state index < -0.39 is 0 Å². The van der Waals surface area contributed by atoms with Gasteiger partial charge >= 0.3 is 0 Å². The lowest BCUT2D eigenvalue weighted by Gasteiger charge is -2.01. The highest BCUT2D eigenvalue weighted by Crippen LogP contribution is 2.13. The Morgan fingerprint density at radius 1 is 1.67 bits per heavy atom. The summed E-state index contributed by atoms with van der Waals surface area (Å²) in [4.78, 5) is 1.46.